The SMILES string of the molecule is C[C@@H]1CCCC[C@@H]1[NH2+][C@@H]1CS(=O)(=O)C[C@@H]1O. The highest BCUT2D eigenvalue weighted by Crippen LogP contribution is 2.22. The lowest BCUT2D eigenvalue weighted by Gasteiger charge is -2.29. The van der Waals surface area contributed by atoms with Crippen LogP contribution in [0.15, 0.2) is 0 Å². The van der Waals surface area contributed by atoms with Gasteiger partial charge < -0.3 is 10.4 Å². The van der Waals surface area contributed by atoms with Crippen molar-refractivity contribution in [2.75, 3.05) is 11.5 Å². The maximum atomic E-state index is 11.4. The number of nitrogens with two attached hydrogens (primary N) is 1. The van der Waals surface area contributed by atoms with E-state index in [-0.39, 0.29) is 17.5 Å². The van der Waals surface area contributed by atoms with Crippen LogP contribution in [0.25, 0.3) is 0 Å². The van der Waals surface area contributed by atoms with Crippen LogP contribution in [0.5, 0.6) is 0 Å². The Kier molecular flexibility index (Phi) is 3.56. The molecular formula is C11H22NO3S+. The molecule has 16 heavy (non-hydrogen) atoms. The molecule has 1 aliphatic heterocycles. The molecular weight excluding hydrogens is 226 g/mol. The second-order valence-electron chi connectivity index (χ2n) is 5.43. The van der Waals surface area contributed by atoms with Crippen molar-refractivity contribution in [3.63, 3.8) is 0 Å². The van der Waals surface area contributed by atoms with Gasteiger partial charge in [-0.1, -0.05) is 13.3 Å². The van der Waals surface area contributed by atoms with Crippen molar-refractivity contribution in [3.8, 4) is 0 Å². The van der Waals surface area contributed by atoms with Crippen LogP contribution in [0, 0.1) is 5.92 Å². The van der Waals surface area contributed by atoms with E-state index in [2.05, 4.69) is 12.2 Å². The fourth-order valence-corrected chi connectivity index (χ4v) is 4.81. The summed E-state index contributed by atoms with van der Waals surface area (Å²) in [6, 6.07) is 0.372. The first-order valence-electron chi connectivity index (χ1n) is 6.21. The topological polar surface area (TPSA) is 71.0 Å². The van der Waals surface area contributed by atoms with Gasteiger partial charge in [-0.2, -0.15) is 0 Å². The maximum absolute atomic E-state index is 11.4. The molecule has 1 aliphatic carbocycles. The zero-order valence-corrected chi connectivity index (χ0v) is 10.6. The molecule has 1 saturated heterocycles. The van der Waals surface area contributed by atoms with E-state index in [0.717, 1.165) is 6.42 Å². The van der Waals surface area contributed by atoms with E-state index in [1.165, 1.54) is 19.3 Å². The molecule has 5 heteroatoms. The molecule has 0 spiro atoms. The summed E-state index contributed by atoms with van der Waals surface area (Å²) in [6.45, 7) is 2.23. The molecule has 4 nitrogen and oxygen atoms in total. The van der Waals surface area contributed by atoms with Gasteiger partial charge >= 0.3 is 0 Å². The molecule has 0 amide bonds. The summed E-state index contributed by atoms with van der Waals surface area (Å²) < 4.78 is 22.8. The van der Waals surface area contributed by atoms with Crippen molar-refractivity contribution in [2.24, 2.45) is 5.92 Å². The molecule has 2 rings (SSSR count). The molecule has 94 valence electrons. The monoisotopic (exact) mass is 248 g/mol. The highest BCUT2D eigenvalue weighted by Gasteiger charge is 2.41. The van der Waals surface area contributed by atoms with E-state index in [9.17, 15) is 13.5 Å². The first-order valence-corrected chi connectivity index (χ1v) is 8.03. The van der Waals surface area contributed by atoms with Gasteiger partial charge in [0.2, 0.25) is 0 Å². The third kappa shape index (κ3) is 2.76. The molecule has 0 aromatic heterocycles. The zero-order valence-electron chi connectivity index (χ0n) is 9.80. The lowest BCUT2D eigenvalue weighted by atomic mass is 9.85. The van der Waals surface area contributed by atoms with Crippen molar-refractivity contribution in [1.29, 1.82) is 0 Å². The van der Waals surface area contributed by atoms with Crippen molar-refractivity contribution in [1.82, 2.24) is 0 Å². The van der Waals surface area contributed by atoms with Gasteiger partial charge in [-0.25, -0.2) is 8.42 Å². The summed E-state index contributed by atoms with van der Waals surface area (Å²) in [7, 11) is -2.99. The van der Waals surface area contributed by atoms with Crippen LogP contribution in [0.4, 0.5) is 0 Å². The Morgan fingerprint density at radius 3 is 2.38 bits per heavy atom. The highest BCUT2D eigenvalue weighted by atomic mass is 32.2. The molecule has 0 radical (unpaired) electrons. The molecule has 1 saturated carbocycles. The summed E-state index contributed by atoms with van der Waals surface area (Å²) in [5.41, 5.74) is 0. The molecule has 2 fully saturated rings. The second kappa shape index (κ2) is 4.63. The Hall–Kier alpha value is -0.130. The summed E-state index contributed by atoms with van der Waals surface area (Å²) in [5.74, 6) is 0.747. The normalized spacial score (nSPS) is 43.4. The summed E-state index contributed by atoms with van der Waals surface area (Å²) in [4.78, 5) is 0. The first-order chi connectivity index (χ1) is 7.48. The van der Waals surface area contributed by atoms with E-state index >= 15 is 0 Å². The third-order valence-electron chi connectivity index (χ3n) is 4.04. The van der Waals surface area contributed by atoms with Crippen molar-refractivity contribution >= 4 is 9.84 Å². The summed E-state index contributed by atoms with van der Waals surface area (Å²) in [6.07, 6.45) is 4.25. The van der Waals surface area contributed by atoms with E-state index in [4.69, 9.17) is 0 Å². The molecule has 0 bridgehead atoms. The molecule has 1 heterocycles. The zero-order chi connectivity index (χ0) is 11.8. The summed E-state index contributed by atoms with van der Waals surface area (Å²) in [5, 5.41) is 11.9. The quantitative estimate of drug-likeness (QED) is 0.678. The van der Waals surface area contributed by atoms with Crippen molar-refractivity contribution < 1.29 is 18.8 Å². The Labute approximate surface area is 97.3 Å². The highest BCUT2D eigenvalue weighted by molar-refractivity contribution is 7.91. The minimum atomic E-state index is -2.99. The fraction of sp³-hybridized carbons (Fsp3) is 1.00. The third-order valence-corrected chi connectivity index (χ3v) is 5.78. The Morgan fingerprint density at radius 1 is 1.12 bits per heavy atom. The number of rotatable bonds is 2. The second-order valence-corrected chi connectivity index (χ2v) is 7.58. The minimum absolute atomic E-state index is 0.0464. The number of hydrogen-bond donors (Lipinski definition) is 2. The van der Waals surface area contributed by atoms with Crippen LogP contribution in [0.2, 0.25) is 0 Å². The van der Waals surface area contributed by atoms with Gasteiger partial charge in [0.15, 0.2) is 9.84 Å². The minimum Gasteiger partial charge on any atom is -0.386 e. The van der Waals surface area contributed by atoms with Gasteiger partial charge in [-0.15, -0.1) is 0 Å². The average Bonchev–Trinajstić information content (AvgIpc) is 2.44. The Morgan fingerprint density at radius 2 is 1.81 bits per heavy atom. The van der Waals surface area contributed by atoms with E-state index < -0.39 is 15.9 Å². The molecule has 0 aromatic rings. The van der Waals surface area contributed by atoms with Crippen molar-refractivity contribution in [2.45, 2.75) is 50.8 Å². The number of aliphatic hydroxyl groups is 1. The van der Waals surface area contributed by atoms with E-state index in [0.29, 0.717) is 12.0 Å². The van der Waals surface area contributed by atoms with Crippen LogP contribution in [0.3, 0.4) is 0 Å². The maximum Gasteiger partial charge on any atom is 0.159 e. The number of aliphatic hydroxyl groups excluding tert-OH is 1. The van der Waals surface area contributed by atoms with Crippen LogP contribution in [0.1, 0.15) is 32.6 Å². The predicted octanol–water partition coefficient (Wildman–Crippen LogP) is -0.714. The number of hydrogen-bond acceptors (Lipinski definition) is 3. The van der Waals surface area contributed by atoms with Crippen LogP contribution in [-0.2, 0) is 9.84 Å². The fourth-order valence-electron chi connectivity index (χ4n) is 2.99. The van der Waals surface area contributed by atoms with Gasteiger partial charge in [0.05, 0.1) is 11.8 Å². The largest absolute Gasteiger partial charge is 0.386 e. The average molecular weight is 248 g/mol. The molecule has 3 N–H and O–H groups in total. The predicted molar refractivity (Wildman–Crippen MR) is 61.8 cm³/mol. The lowest BCUT2D eigenvalue weighted by Crippen LogP contribution is -2.98. The van der Waals surface area contributed by atoms with Crippen molar-refractivity contribution in [3.05, 3.63) is 0 Å². The standard InChI is InChI=1S/C11H21NO3S/c1-8-4-2-3-5-9(8)12-10-6-16(14,15)7-11(10)13/h8-13H,2-7H2,1H3/p+1/t8-,9+,10-,11+/m1/s1. The van der Waals surface area contributed by atoms with Gasteiger partial charge in [-0.05, 0) is 19.3 Å². The van der Waals surface area contributed by atoms with Crippen LogP contribution >= 0.6 is 0 Å². The molecule has 0 aromatic carbocycles. The first kappa shape index (κ1) is 12.3. The Bertz CT molecular complexity index is 341. The Balaban J connectivity index is 1.94. The smallest absolute Gasteiger partial charge is 0.159 e. The molecule has 2 aliphatic rings. The van der Waals surface area contributed by atoms with Crippen LogP contribution < -0.4 is 5.32 Å². The molecule has 0 unspecified atom stereocenters. The number of sulfone groups is 1. The number of quaternary nitrogens is 1. The van der Waals surface area contributed by atoms with Gasteiger partial charge in [0, 0.05) is 5.92 Å². The van der Waals surface area contributed by atoms with E-state index in [1.54, 1.807) is 0 Å². The summed E-state index contributed by atoms with van der Waals surface area (Å²) >= 11 is 0. The lowest BCUT2D eigenvalue weighted by molar-refractivity contribution is -0.729. The van der Waals surface area contributed by atoms with Gasteiger partial charge in [0.1, 0.15) is 17.9 Å². The van der Waals surface area contributed by atoms with E-state index in [1.807, 2.05) is 0 Å². The van der Waals surface area contributed by atoms with Crippen LogP contribution in [-0.4, -0.2) is 43.2 Å². The van der Waals surface area contributed by atoms with Gasteiger partial charge in [0.25, 0.3) is 0 Å². The van der Waals surface area contributed by atoms with Gasteiger partial charge in [-0.3, -0.25) is 0 Å². The molecule has 4 atom stereocenters.